The molecule has 0 aliphatic carbocycles. The van der Waals surface area contributed by atoms with Crippen LogP contribution in [0.2, 0.25) is 0 Å². The number of ether oxygens (including phenoxy) is 1. The van der Waals surface area contributed by atoms with Gasteiger partial charge in [0, 0.05) is 5.69 Å². The second kappa shape index (κ2) is 3.23. The van der Waals surface area contributed by atoms with Crippen LogP contribution in [0.3, 0.4) is 0 Å². The summed E-state index contributed by atoms with van der Waals surface area (Å²) in [5.41, 5.74) is 1.94. The molecule has 0 amide bonds. The SMILES string of the molecule is C=C(OCC)c1cn[nH]c1C. The van der Waals surface area contributed by atoms with Crippen molar-refractivity contribution in [1.29, 1.82) is 0 Å². The van der Waals surface area contributed by atoms with Crippen molar-refractivity contribution in [3.8, 4) is 0 Å². The van der Waals surface area contributed by atoms with E-state index in [4.69, 9.17) is 4.74 Å². The largest absolute Gasteiger partial charge is 0.494 e. The van der Waals surface area contributed by atoms with Gasteiger partial charge in [-0.2, -0.15) is 5.10 Å². The Morgan fingerprint density at radius 3 is 3.00 bits per heavy atom. The van der Waals surface area contributed by atoms with Crippen LogP contribution in [-0.4, -0.2) is 16.8 Å². The Kier molecular flexibility index (Phi) is 2.31. The highest BCUT2D eigenvalue weighted by Gasteiger charge is 2.03. The molecular weight excluding hydrogens is 140 g/mol. The van der Waals surface area contributed by atoms with E-state index in [-0.39, 0.29) is 0 Å². The molecule has 0 aliphatic heterocycles. The number of aromatic amines is 1. The monoisotopic (exact) mass is 152 g/mol. The average Bonchev–Trinajstić information content (AvgIpc) is 2.36. The zero-order chi connectivity index (χ0) is 8.27. The molecule has 0 saturated carbocycles. The van der Waals surface area contributed by atoms with Crippen LogP contribution in [0, 0.1) is 6.92 Å². The summed E-state index contributed by atoms with van der Waals surface area (Å²) in [5, 5.41) is 6.68. The van der Waals surface area contributed by atoms with Crippen molar-refractivity contribution in [2.45, 2.75) is 13.8 Å². The predicted octanol–water partition coefficient (Wildman–Crippen LogP) is 1.73. The smallest absolute Gasteiger partial charge is 0.122 e. The molecule has 0 unspecified atom stereocenters. The second-order valence-electron chi connectivity index (χ2n) is 2.26. The predicted molar refractivity (Wildman–Crippen MR) is 44.0 cm³/mol. The topological polar surface area (TPSA) is 37.9 Å². The van der Waals surface area contributed by atoms with E-state index in [1.807, 2.05) is 13.8 Å². The summed E-state index contributed by atoms with van der Waals surface area (Å²) in [6.07, 6.45) is 1.72. The van der Waals surface area contributed by atoms with Crippen LogP contribution in [0.15, 0.2) is 12.8 Å². The van der Waals surface area contributed by atoms with Gasteiger partial charge in [0.05, 0.1) is 18.4 Å². The Hall–Kier alpha value is -1.25. The highest BCUT2D eigenvalue weighted by Crippen LogP contribution is 2.14. The standard InChI is InChI=1S/C8H12N2O/c1-4-11-7(3)8-5-9-10-6(8)2/h5H,3-4H2,1-2H3,(H,9,10). The fourth-order valence-electron chi connectivity index (χ4n) is 0.884. The summed E-state index contributed by atoms with van der Waals surface area (Å²) in [6.45, 7) is 8.28. The van der Waals surface area contributed by atoms with Crippen LogP contribution in [0.5, 0.6) is 0 Å². The first kappa shape index (κ1) is 7.85. The van der Waals surface area contributed by atoms with Crippen molar-refractivity contribution in [3.05, 3.63) is 24.0 Å². The molecule has 1 aromatic heterocycles. The van der Waals surface area contributed by atoms with Crippen LogP contribution in [-0.2, 0) is 4.74 Å². The molecule has 3 nitrogen and oxygen atoms in total. The van der Waals surface area contributed by atoms with Gasteiger partial charge in [-0.25, -0.2) is 0 Å². The zero-order valence-electron chi connectivity index (χ0n) is 6.85. The number of nitrogens with one attached hydrogen (secondary N) is 1. The molecule has 0 aliphatic rings. The lowest BCUT2D eigenvalue weighted by molar-refractivity contribution is 0.299. The number of aromatic nitrogens is 2. The second-order valence-corrected chi connectivity index (χ2v) is 2.26. The van der Waals surface area contributed by atoms with E-state index >= 15 is 0 Å². The molecule has 1 rings (SSSR count). The molecule has 0 saturated heterocycles. The van der Waals surface area contributed by atoms with Crippen molar-refractivity contribution in [2.24, 2.45) is 0 Å². The van der Waals surface area contributed by atoms with Crippen LogP contribution in [0.4, 0.5) is 0 Å². The van der Waals surface area contributed by atoms with Crippen molar-refractivity contribution >= 4 is 5.76 Å². The molecule has 1 aromatic rings. The van der Waals surface area contributed by atoms with E-state index in [0.29, 0.717) is 12.4 Å². The first-order valence-corrected chi connectivity index (χ1v) is 3.57. The van der Waals surface area contributed by atoms with E-state index in [0.717, 1.165) is 11.3 Å². The average molecular weight is 152 g/mol. The minimum absolute atomic E-state index is 0.642. The maximum atomic E-state index is 5.21. The van der Waals surface area contributed by atoms with Crippen molar-refractivity contribution < 1.29 is 4.74 Å². The molecule has 3 heteroatoms. The molecular formula is C8H12N2O. The number of H-pyrrole nitrogens is 1. The van der Waals surface area contributed by atoms with Crippen LogP contribution >= 0.6 is 0 Å². The van der Waals surface area contributed by atoms with Gasteiger partial charge in [0.2, 0.25) is 0 Å². The van der Waals surface area contributed by atoms with Crippen LogP contribution < -0.4 is 0 Å². The van der Waals surface area contributed by atoms with Gasteiger partial charge in [-0.1, -0.05) is 6.58 Å². The number of hydrogen-bond donors (Lipinski definition) is 1. The number of hydrogen-bond acceptors (Lipinski definition) is 2. The third kappa shape index (κ3) is 1.61. The Bertz CT molecular complexity index is 252. The highest BCUT2D eigenvalue weighted by molar-refractivity contribution is 5.58. The molecule has 0 radical (unpaired) electrons. The normalized spacial score (nSPS) is 9.64. The number of nitrogens with zero attached hydrogens (tertiary/aromatic N) is 1. The molecule has 1 N–H and O–H groups in total. The molecule has 11 heavy (non-hydrogen) atoms. The third-order valence-corrected chi connectivity index (χ3v) is 1.45. The van der Waals surface area contributed by atoms with Gasteiger partial charge in [-0.3, -0.25) is 5.10 Å². The lowest BCUT2D eigenvalue weighted by Crippen LogP contribution is -1.89. The Balaban J connectivity index is 2.76. The highest BCUT2D eigenvalue weighted by atomic mass is 16.5. The minimum atomic E-state index is 0.642. The van der Waals surface area contributed by atoms with Crippen LogP contribution in [0.25, 0.3) is 5.76 Å². The fraction of sp³-hybridized carbons (Fsp3) is 0.375. The summed E-state index contributed by atoms with van der Waals surface area (Å²) in [7, 11) is 0. The molecule has 0 aromatic carbocycles. The van der Waals surface area contributed by atoms with Gasteiger partial charge in [0.15, 0.2) is 0 Å². The van der Waals surface area contributed by atoms with Gasteiger partial charge in [-0.05, 0) is 13.8 Å². The first-order chi connectivity index (χ1) is 5.25. The summed E-state index contributed by atoms with van der Waals surface area (Å²) in [5.74, 6) is 0.679. The molecule has 0 bridgehead atoms. The first-order valence-electron chi connectivity index (χ1n) is 3.57. The van der Waals surface area contributed by atoms with E-state index < -0.39 is 0 Å². The maximum absolute atomic E-state index is 5.21. The van der Waals surface area contributed by atoms with E-state index in [2.05, 4.69) is 16.8 Å². The van der Waals surface area contributed by atoms with Crippen molar-refractivity contribution in [2.75, 3.05) is 6.61 Å². The summed E-state index contributed by atoms with van der Waals surface area (Å²) in [4.78, 5) is 0. The Morgan fingerprint density at radius 2 is 2.55 bits per heavy atom. The number of aryl methyl sites for hydroxylation is 1. The van der Waals surface area contributed by atoms with E-state index in [1.165, 1.54) is 0 Å². The van der Waals surface area contributed by atoms with Gasteiger partial charge in [-0.15, -0.1) is 0 Å². The quantitative estimate of drug-likeness (QED) is 0.670. The van der Waals surface area contributed by atoms with Gasteiger partial charge >= 0.3 is 0 Å². The van der Waals surface area contributed by atoms with Gasteiger partial charge in [0.25, 0.3) is 0 Å². The van der Waals surface area contributed by atoms with Gasteiger partial charge < -0.3 is 4.74 Å². The van der Waals surface area contributed by atoms with E-state index in [9.17, 15) is 0 Å². The van der Waals surface area contributed by atoms with Crippen LogP contribution in [0.1, 0.15) is 18.2 Å². The summed E-state index contributed by atoms with van der Waals surface area (Å²) < 4.78 is 5.21. The van der Waals surface area contributed by atoms with Crippen molar-refractivity contribution in [1.82, 2.24) is 10.2 Å². The van der Waals surface area contributed by atoms with Gasteiger partial charge in [0.1, 0.15) is 5.76 Å². The molecule has 0 fully saturated rings. The summed E-state index contributed by atoms with van der Waals surface area (Å²) >= 11 is 0. The van der Waals surface area contributed by atoms with E-state index in [1.54, 1.807) is 6.20 Å². The zero-order valence-corrected chi connectivity index (χ0v) is 6.85. The van der Waals surface area contributed by atoms with Crippen molar-refractivity contribution in [3.63, 3.8) is 0 Å². The molecule has 0 atom stereocenters. The molecule has 60 valence electrons. The Morgan fingerprint density at radius 1 is 1.82 bits per heavy atom. The minimum Gasteiger partial charge on any atom is -0.494 e. The lowest BCUT2D eigenvalue weighted by Gasteiger charge is -2.03. The fourth-order valence-corrected chi connectivity index (χ4v) is 0.884. The number of rotatable bonds is 3. The summed E-state index contributed by atoms with van der Waals surface area (Å²) in [6, 6.07) is 0. The molecule has 0 spiro atoms. The molecule has 1 heterocycles. The maximum Gasteiger partial charge on any atom is 0.122 e. The third-order valence-electron chi connectivity index (χ3n) is 1.45. The Labute approximate surface area is 66.1 Å². The lowest BCUT2D eigenvalue weighted by atomic mass is 10.2.